The Morgan fingerprint density at radius 2 is 1.79 bits per heavy atom. The molecule has 1 aromatic carbocycles. The molecule has 28 heavy (non-hydrogen) atoms. The fraction of sp³-hybridized carbons (Fsp3) is 0.571. The largest absolute Gasteiger partial charge is 0.295 e. The number of sulfonamides is 1. The number of likely N-dealkylation sites (tertiary alicyclic amines) is 1. The molecule has 2 aliphatic heterocycles. The van der Waals surface area contributed by atoms with Crippen molar-refractivity contribution in [3.05, 3.63) is 35.2 Å². The van der Waals surface area contributed by atoms with Gasteiger partial charge in [0.1, 0.15) is 0 Å². The van der Waals surface area contributed by atoms with Crippen molar-refractivity contribution >= 4 is 10.0 Å². The molecule has 0 saturated carbocycles. The standard InChI is InChI=1S/C21H30N4O2S/c1-14-9-19(20-11-22-23-17(20)4)21(10-15(14)2)28(26,27)24-12-18(13-24)25-8-6-5-7-16(25)3/h9-11,16,18H,5-8,12-13H2,1-4H3,(H,22,23). The van der Waals surface area contributed by atoms with Crippen LogP contribution in [-0.4, -0.2) is 59.5 Å². The summed E-state index contributed by atoms with van der Waals surface area (Å²) in [6.07, 6.45) is 5.42. The van der Waals surface area contributed by atoms with E-state index in [2.05, 4.69) is 22.0 Å². The van der Waals surface area contributed by atoms with Gasteiger partial charge in [0.05, 0.1) is 11.1 Å². The lowest BCUT2D eigenvalue weighted by atomic mass is 9.99. The number of aromatic nitrogens is 2. The average Bonchev–Trinajstić information content (AvgIpc) is 3.03. The van der Waals surface area contributed by atoms with Crippen LogP contribution in [0, 0.1) is 20.8 Å². The molecule has 0 radical (unpaired) electrons. The molecule has 0 amide bonds. The van der Waals surface area contributed by atoms with Crippen LogP contribution in [0.5, 0.6) is 0 Å². The van der Waals surface area contributed by atoms with Crippen LogP contribution in [0.25, 0.3) is 11.1 Å². The van der Waals surface area contributed by atoms with Crippen molar-refractivity contribution in [1.29, 1.82) is 0 Å². The van der Waals surface area contributed by atoms with Crippen molar-refractivity contribution in [2.45, 2.75) is 63.9 Å². The fourth-order valence-corrected chi connectivity index (χ4v) is 6.25. The van der Waals surface area contributed by atoms with Gasteiger partial charge in [-0.1, -0.05) is 6.42 Å². The molecule has 0 bridgehead atoms. The number of nitrogens with one attached hydrogen (secondary N) is 1. The van der Waals surface area contributed by atoms with E-state index in [4.69, 9.17) is 0 Å². The zero-order valence-electron chi connectivity index (χ0n) is 17.2. The first kappa shape index (κ1) is 19.6. The van der Waals surface area contributed by atoms with Gasteiger partial charge in [0, 0.05) is 42.0 Å². The van der Waals surface area contributed by atoms with Crippen molar-refractivity contribution in [2.75, 3.05) is 19.6 Å². The summed E-state index contributed by atoms with van der Waals surface area (Å²) in [5, 5.41) is 7.02. The van der Waals surface area contributed by atoms with E-state index in [-0.39, 0.29) is 0 Å². The maximum atomic E-state index is 13.5. The first-order chi connectivity index (χ1) is 13.3. The average molecular weight is 403 g/mol. The lowest BCUT2D eigenvalue weighted by Crippen LogP contribution is -2.63. The molecular weight excluding hydrogens is 372 g/mol. The monoisotopic (exact) mass is 402 g/mol. The van der Waals surface area contributed by atoms with Gasteiger partial charge in [0.15, 0.2) is 0 Å². The number of hydrogen-bond acceptors (Lipinski definition) is 4. The molecule has 0 aliphatic carbocycles. The zero-order chi connectivity index (χ0) is 20.1. The van der Waals surface area contributed by atoms with Crippen LogP contribution in [0.2, 0.25) is 0 Å². The van der Waals surface area contributed by atoms with Gasteiger partial charge in [-0.05, 0) is 70.3 Å². The van der Waals surface area contributed by atoms with Gasteiger partial charge >= 0.3 is 0 Å². The summed E-state index contributed by atoms with van der Waals surface area (Å²) in [6.45, 7) is 10.4. The van der Waals surface area contributed by atoms with Gasteiger partial charge in [-0.3, -0.25) is 10.00 Å². The van der Waals surface area contributed by atoms with E-state index < -0.39 is 10.0 Å². The molecule has 152 valence electrons. The van der Waals surface area contributed by atoms with Gasteiger partial charge in [0.2, 0.25) is 10.0 Å². The molecule has 1 N–H and O–H groups in total. The quantitative estimate of drug-likeness (QED) is 0.852. The Morgan fingerprint density at radius 1 is 1.07 bits per heavy atom. The first-order valence-electron chi connectivity index (χ1n) is 10.2. The number of nitrogens with zero attached hydrogens (tertiary/aromatic N) is 3. The van der Waals surface area contributed by atoms with Crippen LogP contribution in [0.3, 0.4) is 0 Å². The highest BCUT2D eigenvalue weighted by atomic mass is 32.2. The summed E-state index contributed by atoms with van der Waals surface area (Å²) in [5.41, 5.74) is 4.54. The summed E-state index contributed by atoms with van der Waals surface area (Å²) in [6, 6.07) is 4.69. The van der Waals surface area contributed by atoms with E-state index in [1.807, 2.05) is 32.9 Å². The van der Waals surface area contributed by atoms with Crippen LogP contribution in [-0.2, 0) is 10.0 Å². The number of aromatic amines is 1. The van der Waals surface area contributed by atoms with Crippen LogP contribution < -0.4 is 0 Å². The second-order valence-corrected chi connectivity index (χ2v) is 10.3. The van der Waals surface area contributed by atoms with Crippen LogP contribution in [0.15, 0.2) is 23.2 Å². The minimum atomic E-state index is -3.54. The van der Waals surface area contributed by atoms with Gasteiger partial charge in [-0.25, -0.2) is 8.42 Å². The molecule has 7 heteroatoms. The molecule has 3 heterocycles. The van der Waals surface area contributed by atoms with E-state index >= 15 is 0 Å². The van der Waals surface area contributed by atoms with E-state index in [9.17, 15) is 8.42 Å². The Balaban J connectivity index is 1.64. The number of H-pyrrole nitrogens is 1. The van der Waals surface area contributed by atoms with Gasteiger partial charge in [-0.15, -0.1) is 0 Å². The van der Waals surface area contributed by atoms with E-state index in [0.29, 0.717) is 30.1 Å². The molecule has 2 aliphatic rings. The number of aryl methyl sites for hydroxylation is 3. The van der Waals surface area contributed by atoms with Crippen LogP contribution in [0.1, 0.15) is 43.0 Å². The molecule has 1 aromatic heterocycles. The topological polar surface area (TPSA) is 69.3 Å². The SMILES string of the molecule is Cc1cc(-c2cn[nH]c2C)c(S(=O)(=O)N2CC(N3CCCCC3C)C2)cc1C. The second-order valence-electron chi connectivity index (χ2n) is 8.40. The van der Waals surface area contributed by atoms with Crippen molar-refractivity contribution < 1.29 is 8.42 Å². The van der Waals surface area contributed by atoms with E-state index in [0.717, 1.165) is 34.5 Å². The van der Waals surface area contributed by atoms with Gasteiger partial charge in [-0.2, -0.15) is 9.40 Å². The van der Waals surface area contributed by atoms with Crippen molar-refractivity contribution in [3.63, 3.8) is 0 Å². The van der Waals surface area contributed by atoms with E-state index in [1.54, 1.807) is 10.5 Å². The Bertz CT molecular complexity index is 976. The molecule has 2 fully saturated rings. The zero-order valence-corrected chi connectivity index (χ0v) is 18.0. The van der Waals surface area contributed by atoms with E-state index in [1.165, 1.54) is 19.3 Å². The third-order valence-electron chi connectivity index (χ3n) is 6.49. The maximum Gasteiger partial charge on any atom is 0.243 e. The minimum absolute atomic E-state index is 0.343. The summed E-state index contributed by atoms with van der Waals surface area (Å²) in [7, 11) is -3.54. The fourth-order valence-electron chi connectivity index (χ4n) is 4.46. The summed E-state index contributed by atoms with van der Waals surface area (Å²) >= 11 is 0. The molecule has 2 aromatic rings. The Kier molecular flexibility index (Phi) is 5.10. The normalized spacial score (nSPS) is 22.4. The molecule has 1 unspecified atom stereocenters. The van der Waals surface area contributed by atoms with Crippen LogP contribution in [0.4, 0.5) is 0 Å². The molecule has 1 atom stereocenters. The van der Waals surface area contributed by atoms with Crippen LogP contribution >= 0.6 is 0 Å². The maximum absolute atomic E-state index is 13.5. The molecular formula is C21H30N4O2S. The lowest BCUT2D eigenvalue weighted by Gasteiger charge is -2.48. The van der Waals surface area contributed by atoms with Gasteiger partial charge < -0.3 is 0 Å². The Labute approximate surface area is 168 Å². The number of benzene rings is 1. The summed E-state index contributed by atoms with van der Waals surface area (Å²) < 4.78 is 28.6. The molecule has 4 rings (SSSR count). The van der Waals surface area contributed by atoms with Crippen molar-refractivity contribution in [2.24, 2.45) is 0 Å². The summed E-state index contributed by atoms with van der Waals surface area (Å²) in [4.78, 5) is 2.89. The Morgan fingerprint density at radius 3 is 2.43 bits per heavy atom. The molecule has 6 nitrogen and oxygen atoms in total. The highest BCUT2D eigenvalue weighted by Gasteiger charge is 2.42. The molecule has 0 spiro atoms. The highest BCUT2D eigenvalue weighted by molar-refractivity contribution is 7.89. The predicted molar refractivity (Wildman–Crippen MR) is 111 cm³/mol. The second kappa shape index (κ2) is 7.28. The van der Waals surface area contributed by atoms with Crippen molar-refractivity contribution in [1.82, 2.24) is 19.4 Å². The number of rotatable bonds is 4. The minimum Gasteiger partial charge on any atom is -0.295 e. The predicted octanol–water partition coefficient (Wildman–Crippen LogP) is 3.25. The third kappa shape index (κ3) is 3.29. The molecule has 2 saturated heterocycles. The van der Waals surface area contributed by atoms with Crippen molar-refractivity contribution in [3.8, 4) is 11.1 Å². The Hall–Kier alpha value is -1.70. The summed E-state index contributed by atoms with van der Waals surface area (Å²) in [5.74, 6) is 0. The lowest BCUT2D eigenvalue weighted by molar-refractivity contribution is 0.0361. The first-order valence-corrected chi connectivity index (χ1v) is 11.6. The smallest absolute Gasteiger partial charge is 0.243 e. The highest BCUT2D eigenvalue weighted by Crippen LogP contribution is 2.36. The number of hydrogen-bond donors (Lipinski definition) is 1. The number of piperidine rings is 1. The third-order valence-corrected chi connectivity index (χ3v) is 8.36. The van der Waals surface area contributed by atoms with Gasteiger partial charge in [0.25, 0.3) is 0 Å².